The standard InChI is InChI=1S/C27H34F3N3O3/c1-18(2)36-21-8-7-19(17-22(21)35-3)25(34)31-13-11-26(12-14-31)23-9-10-24(27(28,29)30)32(23)15-16-33(26)20-5-4-6-20/h7-10,17-18,20H,4-6,11-16H2,1-3H3. The van der Waals surface area contributed by atoms with Gasteiger partial charge in [-0.3, -0.25) is 9.69 Å². The minimum Gasteiger partial charge on any atom is -0.493 e. The lowest BCUT2D eigenvalue weighted by molar-refractivity contribution is -0.145. The van der Waals surface area contributed by atoms with Crippen LogP contribution in [0.25, 0.3) is 0 Å². The molecule has 36 heavy (non-hydrogen) atoms. The summed E-state index contributed by atoms with van der Waals surface area (Å²) < 4.78 is 53.8. The van der Waals surface area contributed by atoms with Gasteiger partial charge in [-0.15, -0.1) is 0 Å². The first-order chi connectivity index (χ1) is 17.1. The minimum absolute atomic E-state index is 0.0235. The number of rotatable bonds is 5. The number of hydrogen-bond acceptors (Lipinski definition) is 4. The molecule has 9 heteroatoms. The summed E-state index contributed by atoms with van der Waals surface area (Å²) in [5, 5.41) is 0. The molecule has 0 N–H and O–H groups in total. The molecule has 1 saturated carbocycles. The zero-order chi connectivity index (χ0) is 25.7. The number of methoxy groups -OCH3 is 1. The van der Waals surface area contributed by atoms with Crippen LogP contribution < -0.4 is 9.47 Å². The summed E-state index contributed by atoms with van der Waals surface area (Å²) in [6.07, 6.45) is 0.159. The molecule has 196 valence electrons. The summed E-state index contributed by atoms with van der Waals surface area (Å²) in [6, 6.07) is 8.50. The molecule has 0 unspecified atom stereocenters. The van der Waals surface area contributed by atoms with E-state index in [0.717, 1.165) is 25.0 Å². The molecule has 2 fully saturated rings. The summed E-state index contributed by atoms with van der Waals surface area (Å²) in [5.74, 6) is 0.988. The van der Waals surface area contributed by atoms with Crippen LogP contribution in [-0.2, 0) is 18.3 Å². The number of aromatic nitrogens is 1. The van der Waals surface area contributed by atoms with Crippen LogP contribution >= 0.6 is 0 Å². The Bertz CT molecular complexity index is 1120. The van der Waals surface area contributed by atoms with E-state index in [4.69, 9.17) is 9.47 Å². The number of carbonyl (C=O) groups is 1. The van der Waals surface area contributed by atoms with E-state index in [9.17, 15) is 18.0 Å². The summed E-state index contributed by atoms with van der Waals surface area (Å²) in [7, 11) is 1.55. The van der Waals surface area contributed by atoms with Gasteiger partial charge >= 0.3 is 6.18 Å². The normalized spacial score (nSPS) is 20.4. The Hall–Kier alpha value is -2.68. The lowest BCUT2D eigenvalue weighted by Crippen LogP contribution is -2.62. The second-order valence-corrected chi connectivity index (χ2v) is 10.4. The molecule has 2 aliphatic heterocycles. The van der Waals surface area contributed by atoms with Crippen molar-refractivity contribution in [3.05, 3.63) is 47.3 Å². The molecule has 0 radical (unpaired) electrons. The van der Waals surface area contributed by atoms with Crippen LogP contribution in [-0.4, -0.2) is 59.2 Å². The highest BCUT2D eigenvalue weighted by molar-refractivity contribution is 5.95. The molecule has 1 aromatic heterocycles. The topological polar surface area (TPSA) is 46.9 Å². The Morgan fingerprint density at radius 2 is 1.75 bits per heavy atom. The molecule has 1 aromatic carbocycles. The molecular weight excluding hydrogens is 471 g/mol. The maximum Gasteiger partial charge on any atom is 0.431 e. The smallest absolute Gasteiger partial charge is 0.431 e. The van der Waals surface area contributed by atoms with Gasteiger partial charge in [-0.25, -0.2) is 0 Å². The van der Waals surface area contributed by atoms with Gasteiger partial charge in [0.25, 0.3) is 5.91 Å². The molecule has 1 amide bonds. The average Bonchev–Trinajstić information content (AvgIpc) is 3.26. The van der Waals surface area contributed by atoms with E-state index in [1.165, 1.54) is 10.6 Å². The highest BCUT2D eigenvalue weighted by Gasteiger charge is 2.51. The van der Waals surface area contributed by atoms with E-state index in [1.807, 2.05) is 18.7 Å². The fraction of sp³-hybridized carbons (Fsp3) is 0.593. The number of benzene rings is 1. The minimum atomic E-state index is -4.38. The number of alkyl halides is 3. The Morgan fingerprint density at radius 1 is 1.03 bits per heavy atom. The Labute approximate surface area is 209 Å². The number of piperidine rings is 1. The van der Waals surface area contributed by atoms with Crippen molar-refractivity contribution >= 4 is 5.91 Å². The SMILES string of the molecule is COc1cc(C(=O)N2CCC3(CC2)c2ccc(C(F)(F)F)n2CCN3C2CCC2)ccc1OC(C)C. The van der Waals surface area contributed by atoms with E-state index >= 15 is 0 Å². The average molecular weight is 506 g/mol. The molecule has 3 aliphatic rings. The largest absolute Gasteiger partial charge is 0.493 e. The lowest BCUT2D eigenvalue weighted by atomic mass is 9.77. The number of hydrogen-bond donors (Lipinski definition) is 0. The molecule has 2 aromatic rings. The van der Waals surface area contributed by atoms with Gasteiger partial charge in [0.15, 0.2) is 11.5 Å². The van der Waals surface area contributed by atoms with Crippen LogP contribution in [0, 0.1) is 0 Å². The van der Waals surface area contributed by atoms with Gasteiger partial charge < -0.3 is 18.9 Å². The third-order valence-corrected chi connectivity index (χ3v) is 8.03. The highest BCUT2D eigenvalue weighted by Crippen LogP contribution is 2.48. The van der Waals surface area contributed by atoms with Crippen LogP contribution in [0.5, 0.6) is 11.5 Å². The fourth-order valence-corrected chi connectivity index (χ4v) is 6.12. The third kappa shape index (κ3) is 4.25. The number of carbonyl (C=O) groups excluding carboxylic acids is 1. The number of amides is 1. The molecule has 1 aliphatic carbocycles. The van der Waals surface area contributed by atoms with E-state index in [1.54, 1.807) is 31.4 Å². The lowest BCUT2D eigenvalue weighted by Gasteiger charge is -2.56. The number of ether oxygens (including phenoxy) is 2. The molecule has 1 saturated heterocycles. The van der Waals surface area contributed by atoms with Gasteiger partial charge in [-0.05, 0) is 69.9 Å². The second-order valence-electron chi connectivity index (χ2n) is 10.4. The number of likely N-dealkylation sites (tertiary alicyclic amines) is 1. The van der Waals surface area contributed by atoms with Crippen LogP contribution in [0.3, 0.4) is 0 Å². The van der Waals surface area contributed by atoms with E-state index in [2.05, 4.69) is 4.90 Å². The Kier molecular flexibility index (Phi) is 6.47. The first kappa shape index (κ1) is 25.0. The van der Waals surface area contributed by atoms with Gasteiger partial charge in [0.1, 0.15) is 5.69 Å². The van der Waals surface area contributed by atoms with Gasteiger partial charge in [0.2, 0.25) is 0 Å². The zero-order valence-corrected chi connectivity index (χ0v) is 21.1. The van der Waals surface area contributed by atoms with E-state index in [0.29, 0.717) is 62.1 Å². The first-order valence-electron chi connectivity index (χ1n) is 12.8. The molecule has 1 spiro atoms. The predicted molar refractivity (Wildman–Crippen MR) is 129 cm³/mol. The number of nitrogens with zero attached hydrogens (tertiary/aromatic N) is 3. The molecule has 0 atom stereocenters. The van der Waals surface area contributed by atoms with E-state index in [-0.39, 0.29) is 12.0 Å². The van der Waals surface area contributed by atoms with Crippen molar-refractivity contribution in [3.63, 3.8) is 0 Å². The van der Waals surface area contributed by atoms with Crippen molar-refractivity contribution in [3.8, 4) is 11.5 Å². The van der Waals surface area contributed by atoms with Crippen LogP contribution in [0.2, 0.25) is 0 Å². The molecular formula is C27H34F3N3O3. The van der Waals surface area contributed by atoms with Crippen molar-refractivity contribution in [2.45, 2.75) is 76.4 Å². The Morgan fingerprint density at radius 3 is 2.33 bits per heavy atom. The van der Waals surface area contributed by atoms with Crippen molar-refractivity contribution in [2.75, 3.05) is 26.7 Å². The molecule has 6 nitrogen and oxygen atoms in total. The third-order valence-electron chi connectivity index (χ3n) is 8.03. The van der Waals surface area contributed by atoms with Crippen LogP contribution in [0.4, 0.5) is 13.2 Å². The van der Waals surface area contributed by atoms with Gasteiger partial charge in [0.05, 0.1) is 18.8 Å². The monoisotopic (exact) mass is 505 g/mol. The molecule has 3 heterocycles. The maximum absolute atomic E-state index is 13.7. The first-order valence-corrected chi connectivity index (χ1v) is 12.8. The molecule has 0 bridgehead atoms. The van der Waals surface area contributed by atoms with Crippen LogP contribution in [0.1, 0.15) is 67.7 Å². The predicted octanol–water partition coefficient (Wildman–Crippen LogP) is 5.30. The highest BCUT2D eigenvalue weighted by atomic mass is 19.4. The molecule has 5 rings (SSSR count). The van der Waals surface area contributed by atoms with Crippen molar-refractivity contribution in [1.29, 1.82) is 0 Å². The summed E-state index contributed by atoms with van der Waals surface area (Å²) in [5.41, 5.74) is 0.216. The Balaban J connectivity index is 1.39. The van der Waals surface area contributed by atoms with Gasteiger partial charge in [-0.1, -0.05) is 6.42 Å². The van der Waals surface area contributed by atoms with E-state index < -0.39 is 17.4 Å². The van der Waals surface area contributed by atoms with Crippen molar-refractivity contribution in [1.82, 2.24) is 14.4 Å². The van der Waals surface area contributed by atoms with Crippen LogP contribution in [0.15, 0.2) is 30.3 Å². The zero-order valence-electron chi connectivity index (χ0n) is 21.1. The fourth-order valence-electron chi connectivity index (χ4n) is 6.12. The van der Waals surface area contributed by atoms with Gasteiger partial charge in [-0.2, -0.15) is 13.2 Å². The summed E-state index contributed by atoms with van der Waals surface area (Å²) in [4.78, 5) is 17.7. The summed E-state index contributed by atoms with van der Waals surface area (Å²) in [6.45, 7) is 5.78. The maximum atomic E-state index is 13.7. The number of fused-ring (bicyclic) bond motifs is 2. The van der Waals surface area contributed by atoms with Crippen molar-refractivity contribution in [2.24, 2.45) is 0 Å². The number of halogens is 3. The summed E-state index contributed by atoms with van der Waals surface area (Å²) >= 11 is 0. The van der Waals surface area contributed by atoms with Crippen molar-refractivity contribution < 1.29 is 27.4 Å². The second kappa shape index (κ2) is 9.32. The quantitative estimate of drug-likeness (QED) is 0.553. The van der Waals surface area contributed by atoms with Gasteiger partial charge in [0, 0.05) is 43.5 Å².